The number of benzene rings is 1. The van der Waals surface area contributed by atoms with Gasteiger partial charge in [0.05, 0.1) is 6.54 Å². The normalized spacial score (nSPS) is 10.8. The summed E-state index contributed by atoms with van der Waals surface area (Å²) >= 11 is 0. The number of hydrogen-bond donors (Lipinski definition) is 2. The fourth-order valence-corrected chi connectivity index (χ4v) is 1.87. The van der Waals surface area contributed by atoms with Gasteiger partial charge in [0, 0.05) is 18.5 Å². The predicted octanol–water partition coefficient (Wildman–Crippen LogP) is 2.24. The number of nitrogens with zero attached hydrogens (tertiary/aromatic N) is 3. The summed E-state index contributed by atoms with van der Waals surface area (Å²) in [6, 6.07) is 7.05. The molecule has 0 amide bonds. The minimum Gasteiger partial charge on any atom is -0.508 e. The number of fused-ring (bicyclic) bond motifs is 1. The highest BCUT2D eigenvalue weighted by Crippen LogP contribution is 2.25. The average molecular weight is 256 g/mol. The van der Waals surface area contributed by atoms with Crippen molar-refractivity contribution in [1.82, 2.24) is 15.1 Å². The van der Waals surface area contributed by atoms with Crippen LogP contribution in [0.5, 0.6) is 5.75 Å². The van der Waals surface area contributed by atoms with Crippen LogP contribution in [0.15, 0.2) is 35.0 Å². The Hall–Kier alpha value is -2.63. The summed E-state index contributed by atoms with van der Waals surface area (Å²) in [4.78, 5) is 8.37. The van der Waals surface area contributed by atoms with Gasteiger partial charge < -0.3 is 14.9 Å². The second kappa shape index (κ2) is 4.56. The maximum absolute atomic E-state index is 9.55. The van der Waals surface area contributed by atoms with Crippen LogP contribution in [0.25, 0.3) is 10.8 Å². The average Bonchev–Trinajstić information content (AvgIpc) is 2.82. The first-order valence-corrected chi connectivity index (χ1v) is 5.83. The van der Waals surface area contributed by atoms with Gasteiger partial charge in [-0.15, -0.1) is 0 Å². The maximum Gasteiger partial charge on any atom is 0.223 e. The Labute approximate surface area is 109 Å². The molecular formula is C13H12N4O2. The van der Waals surface area contributed by atoms with E-state index in [9.17, 15) is 5.11 Å². The molecule has 96 valence electrons. The van der Waals surface area contributed by atoms with E-state index in [0.717, 1.165) is 10.8 Å². The lowest BCUT2D eigenvalue weighted by Crippen LogP contribution is -2.03. The number of anilines is 1. The molecule has 0 saturated carbocycles. The van der Waals surface area contributed by atoms with Crippen molar-refractivity contribution in [1.29, 1.82) is 0 Å². The Morgan fingerprint density at radius 3 is 3.00 bits per heavy atom. The van der Waals surface area contributed by atoms with Crippen LogP contribution in [-0.2, 0) is 6.54 Å². The van der Waals surface area contributed by atoms with E-state index in [1.807, 2.05) is 12.1 Å². The Kier molecular flexibility index (Phi) is 2.75. The largest absolute Gasteiger partial charge is 0.508 e. The van der Waals surface area contributed by atoms with Crippen molar-refractivity contribution in [3.8, 4) is 5.75 Å². The number of rotatable bonds is 3. The van der Waals surface area contributed by atoms with Crippen LogP contribution < -0.4 is 5.32 Å². The molecule has 2 aromatic heterocycles. The molecule has 3 rings (SSSR count). The molecule has 0 aliphatic rings. The molecule has 0 atom stereocenters. The maximum atomic E-state index is 9.55. The highest BCUT2D eigenvalue weighted by Gasteiger charge is 2.06. The molecule has 0 radical (unpaired) electrons. The van der Waals surface area contributed by atoms with Crippen LogP contribution in [0.1, 0.15) is 11.7 Å². The van der Waals surface area contributed by atoms with Crippen LogP contribution >= 0.6 is 0 Å². The molecule has 0 saturated heterocycles. The first-order chi connectivity index (χ1) is 9.22. The van der Waals surface area contributed by atoms with Crippen LogP contribution in [-0.4, -0.2) is 20.2 Å². The monoisotopic (exact) mass is 256 g/mol. The number of phenols is 1. The SMILES string of the molecule is Cc1nc(CNc2nccc3ccc(O)cc23)no1. The molecule has 2 heterocycles. The zero-order valence-electron chi connectivity index (χ0n) is 10.3. The van der Waals surface area contributed by atoms with Crippen molar-refractivity contribution in [3.63, 3.8) is 0 Å². The molecule has 1 aromatic carbocycles. The van der Waals surface area contributed by atoms with Crippen LogP contribution in [0.4, 0.5) is 5.82 Å². The van der Waals surface area contributed by atoms with E-state index in [0.29, 0.717) is 24.1 Å². The van der Waals surface area contributed by atoms with E-state index in [-0.39, 0.29) is 5.75 Å². The number of aromatic nitrogens is 3. The number of hydrogen-bond acceptors (Lipinski definition) is 6. The molecule has 0 aliphatic heterocycles. The lowest BCUT2D eigenvalue weighted by molar-refractivity contribution is 0.388. The van der Waals surface area contributed by atoms with E-state index in [1.165, 1.54) is 0 Å². The Balaban J connectivity index is 1.90. The number of phenolic OH excluding ortho intramolecular Hbond substituents is 1. The second-order valence-electron chi connectivity index (χ2n) is 4.15. The summed E-state index contributed by atoms with van der Waals surface area (Å²) < 4.78 is 4.90. The molecule has 0 spiro atoms. The van der Waals surface area contributed by atoms with E-state index >= 15 is 0 Å². The summed E-state index contributed by atoms with van der Waals surface area (Å²) in [5, 5.41) is 18.3. The summed E-state index contributed by atoms with van der Waals surface area (Å²) in [6.45, 7) is 2.16. The number of aryl methyl sites for hydroxylation is 1. The van der Waals surface area contributed by atoms with Gasteiger partial charge in [0.2, 0.25) is 5.89 Å². The van der Waals surface area contributed by atoms with E-state index < -0.39 is 0 Å². The fourth-order valence-electron chi connectivity index (χ4n) is 1.87. The van der Waals surface area contributed by atoms with Crippen molar-refractivity contribution in [2.24, 2.45) is 0 Å². The molecule has 19 heavy (non-hydrogen) atoms. The molecule has 0 bridgehead atoms. The van der Waals surface area contributed by atoms with Gasteiger partial charge in [0.1, 0.15) is 11.6 Å². The summed E-state index contributed by atoms with van der Waals surface area (Å²) in [5.41, 5.74) is 0. The van der Waals surface area contributed by atoms with Gasteiger partial charge in [-0.2, -0.15) is 4.98 Å². The van der Waals surface area contributed by atoms with E-state index in [1.54, 1.807) is 25.3 Å². The summed E-state index contributed by atoms with van der Waals surface area (Å²) in [7, 11) is 0. The van der Waals surface area contributed by atoms with Crippen molar-refractivity contribution in [2.75, 3.05) is 5.32 Å². The summed E-state index contributed by atoms with van der Waals surface area (Å²) in [6.07, 6.45) is 1.71. The fraction of sp³-hybridized carbons (Fsp3) is 0.154. The second-order valence-corrected chi connectivity index (χ2v) is 4.15. The van der Waals surface area contributed by atoms with Gasteiger partial charge in [-0.25, -0.2) is 4.98 Å². The minimum atomic E-state index is 0.207. The van der Waals surface area contributed by atoms with Crippen molar-refractivity contribution in [2.45, 2.75) is 13.5 Å². The lowest BCUT2D eigenvalue weighted by atomic mass is 10.1. The smallest absolute Gasteiger partial charge is 0.223 e. The number of pyridine rings is 1. The minimum absolute atomic E-state index is 0.207. The lowest BCUT2D eigenvalue weighted by Gasteiger charge is -2.07. The van der Waals surface area contributed by atoms with Crippen LogP contribution in [0, 0.1) is 6.92 Å². The van der Waals surface area contributed by atoms with Crippen LogP contribution in [0.3, 0.4) is 0 Å². The van der Waals surface area contributed by atoms with Gasteiger partial charge in [0.15, 0.2) is 5.82 Å². The summed E-state index contributed by atoms with van der Waals surface area (Å²) in [5.74, 6) is 1.98. The van der Waals surface area contributed by atoms with E-state index in [2.05, 4.69) is 20.4 Å². The van der Waals surface area contributed by atoms with Gasteiger partial charge in [-0.3, -0.25) is 0 Å². The standard InChI is InChI=1S/C13H12N4O2/c1-8-16-12(17-19-8)7-15-13-11-6-10(18)3-2-9(11)4-5-14-13/h2-6,18H,7H2,1H3,(H,14,15). The van der Waals surface area contributed by atoms with E-state index in [4.69, 9.17) is 4.52 Å². The molecule has 6 heteroatoms. The number of aromatic hydroxyl groups is 1. The van der Waals surface area contributed by atoms with Gasteiger partial charge in [0.25, 0.3) is 0 Å². The topological polar surface area (TPSA) is 84.1 Å². The molecule has 2 N–H and O–H groups in total. The molecule has 0 fully saturated rings. The van der Waals surface area contributed by atoms with Crippen molar-refractivity contribution >= 4 is 16.6 Å². The molecule has 6 nitrogen and oxygen atoms in total. The highest BCUT2D eigenvalue weighted by atomic mass is 16.5. The quantitative estimate of drug-likeness (QED) is 0.747. The zero-order chi connectivity index (χ0) is 13.2. The van der Waals surface area contributed by atoms with Crippen molar-refractivity contribution < 1.29 is 9.63 Å². The Morgan fingerprint density at radius 1 is 1.32 bits per heavy atom. The molecular weight excluding hydrogens is 244 g/mol. The molecule has 3 aromatic rings. The Bertz CT molecular complexity index is 723. The molecule has 0 unspecified atom stereocenters. The van der Waals surface area contributed by atoms with Crippen LogP contribution in [0.2, 0.25) is 0 Å². The predicted molar refractivity (Wildman–Crippen MR) is 69.8 cm³/mol. The third kappa shape index (κ3) is 2.33. The van der Waals surface area contributed by atoms with Crippen molar-refractivity contribution in [3.05, 3.63) is 42.2 Å². The zero-order valence-corrected chi connectivity index (χ0v) is 10.3. The van der Waals surface area contributed by atoms with Gasteiger partial charge in [-0.1, -0.05) is 11.2 Å². The Morgan fingerprint density at radius 2 is 2.21 bits per heavy atom. The first kappa shape index (κ1) is 11.5. The third-order valence-electron chi connectivity index (χ3n) is 2.73. The van der Waals surface area contributed by atoms with Gasteiger partial charge in [-0.05, 0) is 23.6 Å². The highest BCUT2D eigenvalue weighted by molar-refractivity contribution is 5.92. The number of nitrogens with one attached hydrogen (secondary N) is 1. The molecule has 0 aliphatic carbocycles. The first-order valence-electron chi connectivity index (χ1n) is 5.83. The third-order valence-corrected chi connectivity index (χ3v) is 2.73. The van der Waals surface area contributed by atoms with Gasteiger partial charge >= 0.3 is 0 Å².